The maximum absolute atomic E-state index is 5.15. The van der Waals surface area contributed by atoms with Gasteiger partial charge in [-0.05, 0) is 60.4 Å². The molecular weight excluding hydrogens is 352 g/mol. The van der Waals surface area contributed by atoms with Gasteiger partial charge in [-0.1, -0.05) is 74.6 Å². The fraction of sp³-hybridized carbons (Fsp3) is 0.296. The van der Waals surface area contributed by atoms with E-state index in [1.54, 1.807) is 0 Å². The molecule has 3 aromatic rings. The first-order chi connectivity index (χ1) is 14.2. The van der Waals surface area contributed by atoms with Crippen molar-refractivity contribution < 1.29 is 0 Å². The number of allylic oxidation sites excluding steroid dienone is 6. The Hall–Kier alpha value is -2.87. The molecule has 0 spiro atoms. The molecule has 5 rings (SSSR count). The summed E-state index contributed by atoms with van der Waals surface area (Å²) in [6.45, 7) is 4.62. The first-order valence-corrected chi connectivity index (χ1v) is 10.8. The van der Waals surface area contributed by atoms with Gasteiger partial charge in [0, 0.05) is 11.6 Å². The van der Waals surface area contributed by atoms with Gasteiger partial charge in [-0.25, -0.2) is 4.98 Å². The van der Waals surface area contributed by atoms with Crippen molar-refractivity contribution in [2.45, 2.75) is 33.1 Å². The van der Waals surface area contributed by atoms with Gasteiger partial charge in [-0.2, -0.15) is 0 Å². The van der Waals surface area contributed by atoms with Gasteiger partial charge in [0.1, 0.15) is 5.82 Å². The van der Waals surface area contributed by atoms with E-state index in [4.69, 9.17) is 4.98 Å². The third-order valence-electron chi connectivity index (χ3n) is 6.72. The van der Waals surface area contributed by atoms with E-state index in [2.05, 4.69) is 103 Å². The lowest BCUT2D eigenvalue weighted by atomic mass is 9.76. The number of aromatic nitrogens is 2. The molecule has 2 heteroatoms. The molecule has 2 aromatic carbocycles. The summed E-state index contributed by atoms with van der Waals surface area (Å²) in [6, 6.07) is 19.1. The number of benzene rings is 2. The van der Waals surface area contributed by atoms with Gasteiger partial charge in [0.2, 0.25) is 0 Å². The predicted molar refractivity (Wildman–Crippen MR) is 122 cm³/mol. The zero-order valence-electron chi connectivity index (χ0n) is 17.3. The van der Waals surface area contributed by atoms with E-state index in [1.165, 1.54) is 23.2 Å². The SMILES string of the molecule is CCC=CC1(C2CC=CC=C2c2nc3ccccc3n2-c2ccccc2)CC1C. The van der Waals surface area contributed by atoms with E-state index in [0.717, 1.165) is 30.1 Å². The first kappa shape index (κ1) is 18.2. The second-order valence-corrected chi connectivity index (χ2v) is 8.46. The summed E-state index contributed by atoms with van der Waals surface area (Å²) in [4.78, 5) is 5.15. The Morgan fingerprint density at radius 3 is 2.62 bits per heavy atom. The van der Waals surface area contributed by atoms with Crippen molar-refractivity contribution in [2.24, 2.45) is 17.3 Å². The Bertz CT molecular complexity index is 1120. The lowest BCUT2D eigenvalue weighted by molar-refractivity contribution is 0.436. The smallest absolute Gasteiger partial charge is 0.141 e. The lowest BCUT2D eigenvalue weighted by Gasteiger charge is -2.29. The van der Waals surface area contributed by atoms with E-state index < -0.39 is 0 Å². The number of hydrogen-bond donors (Lipinski definition) is 0. The molecular formula is C27H28N2. The second-order valence-electron chi connectivity index (χ2n) is 8.46. The van der Waals surface area contributed by atoms with E-state index in [0.29, 0.717) is 5.92 Å². The molecule has 2 aliphatic rings. The van der Waals surface area contributed by atoms with Gasteiger partial charge in [0.25, 0.3) is 0 Å². The average molecular weight is 381 g/mol. The van der Waals surface area contributed by atoms with Crippen LogP contribution >= 0.6 is 0 Å². The zero-order valence-corrected chi connectivity index (χ0v) is 17.3. The summed E-state index contributed by atoms with van der Waals surface area (Å²) in [6.07, 6.45) is 15.2. The fourth-order valence-corrected chi connectivity index (χ4v) is 5.07. The average Bonchev–Trinajstić information content (AvgIpc) is 3.27. The number of nitrogens with zero attached hydrogens (tertiary/aromatic N) is 2. The molecule has 29 heavy (non-hydrogen) atoms. The Labute approximate surface area is 173 Å². The fourth-order valence-electron chi connectivity index (χ4n) is 5.07. The molecule has 0 saturated heterocycles. The maximum Gasteiger partial charge on any atom is 0.141 e. The van der Waals surface area contributed by atoms with Crippen LogP contribution < -0.4 is 0 Å². The summed E-state index contributed by atoms with van der Waals surface area (Å²) in [5, 5.41) is 0. The van der Waals surface area contributed by atoms with Crippen LogP contribution in [0.1, 0.15) is 38.9 Å². The van der Waals surface area contributed by atoms with E-state index in [-0.39, 0.29) is 5.41 Å². The van der Waals surface area contributed by atoms with Crippen molar-refractivity contribution in [3.05, 3.63) is 90.8 Å². The number of imidazole rings is 1. The van der Waals surface area contributed by atoms with Crippen LogP contribution in [0.25, 0.3) is 22.3 Å². The Morgan fingerprint density at radius 1 is 1.10 bits per heavy atom. The third-order valence-corrected chi connectivity index (χ3v) is 6.72. The van der Waals surface area contributed by atoms with Crippen molar-refractivity contribution in [1.82, 2.24) is 9.55 Å². The highest BCUT2D eigenvalue weighted by atomic mass is 15.1. The van der Waals surface area contributed by atoms with Crippen LogP contribution in [0.2, 0.25) is 0 Å². The molecule has 1 saturated carbocycles. The predicted octanol–water partition coefficient (Wildman–Crippen LogP) is 6.98. The van der Waals surface area contributed by atoms with Crippen LogP contribution in [0.5, 0.6) is 0 Å². The number of hydrogen-bond acceptors (Lipinski definition) is 1. The topological polar surface area (TPSA) is 17.8 Å². The summed E-state index contributed by atoms with van der Waals surface area (Å²) in [5.74, 6) is 2.29. The van der Waals surface area contributed by atoms with Gasteiger partial charge in [0.05, 0.1) is 11.0 Å². The molecule has 0 aliphatic heterocycles. The lowest BCUT2D eigenvalue weighted by Crippen LogP contribution is -2.20. The van der Waals surface area contributed by atoms with E-state index in [1.807, 2.05) is 0 Å². The summed E-state index contributed by atoms with van der Waals surface area (Å²) in [5.41, 5.74) is 5.05. The summed E-state index contributed by atoms with van der Waals surface area (Å²) < 4.78 is 2.34. The molecule has 3 atom stereocenters. The Balaban J connectivity index is 1.70. The number of fused-ring (bicyclic) bond motifs is 1. The van der Waals surface area contributed by atoms with Gasteiger partial charge >= 0.3 is 0 Å². The monoisotopic (exact) mass is 380 g/mol. The Kier molecular flexibility index (Phi) is 4.50. The minimum Gasteiger partial charge on any atom is -0.293 e. The van der Waals surface area contributed by atoms with Gasteiger partial charge in [-0.15, -0.1) is 0 Å². The third kappa shape index (κ3) is 2.98. The van der Waals surface area contributed by atoms with Crippen molar-refractivity contribution in [1.29, 1.82) is 0 Å². The van der Waals surface area contributed by atoms with Crippen molar-refractivity contribution >= 4 is 16.6 Å². The number of rotatable bonds is 5. The van der Waals surface area contributed by atoms with Crippen LogP contribution in [0.15, 0.2) is 85.0 Å². The molecule has 3 unspecified atom stereocenters. The first-order valence-electron chi connectivity index (χ1n) is 10.8. The molecule has 0 radical (unpaired) electrons. The highest BCUT2D eigenvalue weighted by Crippen LogP contribution is 2.63. The second kappa shape index (κ2) is 7.18. The minimum atomic E-state index is 0.270. The molecule has 1 aromatic heterocycles. The van der Waals surface area contributed by atoms with Gasteiger partial charge < -0.3 is 0 Å². The van der Waals surface area contributed by atoms with Crippen molar-refractivity contribution in [3.8, 4) is 5.69 Å². The highest BCUT2D eigenvalue weighted by molar-refractivity contribution is 5.83. The van der Waals surface area contributed by atoms with Gasteiger partial charge in [-0.3, -0.25) is 4.57 Å². The maximum atomic E-state index is 5.15. The van der Waals surface area contributed by atoms with E-state index >= 15 is 0 Å². The van der Waals surface area contributed by atoms with Crippen LogP contribution in [-0.2, 0) is 0 Å². The molecule has 2 nitrogen and oxygen atoms in total. The molecule has 0 amide bonds. The van der Waals surface area contributed by atoms with Crippen LogP contribution in [-0.4, -0.2) is 9.55 Å². The zero-order chi connectivity index (χ0) is 19.8. The minimum absolute atomic E-state index is 0.270. The van der Waals surface area contributed by atoms with E-state index in [9.17, 15) is 0 Å². The molecule has 2 aliphatic carbocycles. The molecule has 1 heterocycles. The van der Waals surface area contributed by atoms with Crippen molar-refractivity contribution in [2.75, 3.05) is 0 Å². The van der Waals surface area contributed by atoms with Gasteiger partial charge in [0.15, 0.2) is 0 Å². The van der Waals surface area contributed by atoms with Crippen LogP contribution in [0.4, 0.5) is 0 Å². The van der Waals surface area contributed by atoms with Crippen LogP contribution in [0.3, 0.4) is 0 Å². The molecule has 0 N–H and O–H groups in total. The molecule has 146 valence electrons. The largest absolute Gasteiger partial charge is 0.293 e. The summed E-state index contributed by atoms with van der Waals surface area (Å²) in [7, 11) is 0. The highest BCUT2D eigenvalue weighted by Gasteiger charge is 2.55. The normalized spacial score (nSPS) is 26.2. The standard InChI is InChI=1S/C27H28N2/c1-3-4-18-27(19-20(27)2)23-15-9-8-14-22(23)26-28-24-16-10-11-17-25(24)29(26)21-12-6-5-7-13-21/h4-14,16-18,20,23H,3,15,19H2,1-2H3. The Morgan fingerprint density at radius 2 is 1.86 bits per heavy atom. The van der Waals surface area contributed by atoms with Crippen LogP contribution in [0, 0.1) is 17.3 Å². The quantitative estimate of drug-likeness (QED) is 0.437. The number of para-hydroxylation sites is 3. The molecule has 0 bridgehead atoms. The van der Waals surface area contributed by atoms with Crippen molar-refractivity contribution in [3.63, 3.8) is 0 Å². The molecule has 1 fully saturated rings. The summed E-state index contributed by atoms with van der Waals surface area (Å²) >= 11 is 0.